The number of esters is 1. The highest BCUT2D eigenvalue weighted by Gasteiger charge is 2.33. The second kappa shape index (κ2) is 13.1. The molecule has 0 saturated heterocycles. The van der Waals surface area contributed by atoms with Gasteiger partial charge in [0.05, 0.1) is 21.8 Å². The van der Waals surface area contributed by atoms with Crippen molar-refractivity contribution in [1.29, 1.82) is 0 Å². The summed E-state index contributed by atoms with van der Waals surface area (Å²) in [5.41, 5.74) is 3.75. The summed E-state index contributed by atoms with van der Waals surface area (Å²) in [6.45, 7) is 2.27. The molecule has 0 spiro atoms. The van der Waals surface area contributed by atoms with E-state index in [1.165, 1.54) is 11.3 Å². The largest absolute Gasteiger partial charge is 0.489 e. The number of aromatic nitrogens is 1. The van der Waals surface area contributed by atoms with Gasteiger partial charge in [0, 0.05) is 10.0 Å². The minimum absolute atomic E-state index is 0.0922. The van der Waals surface area contributed by atoms with Crippen molar-refractivity contribution in [1.82, 2.24) is 4.57 Å². The maximum absolute atomic E-state index is 14.0. The molecule has 6 nitrogen and oxygen atoms in total. The Morgan fingerprint density at radius 3 is 2.23 bits per heavy atom. The Bertz CT molecular complexity index is 2040. The van der Waals surface area contributed by atoms with Gasteiger partial charge >= 0.3 is 5.97 Å². The molecule has 0 amide bonds. The predicted molar refractivity (Wildman–Crippen MR) is 174 cm³/mol. The highest BCUT2D eigenvalue weighted by atomic mass is 35.5. The fourth-order valence-corrected chi connectivity index (χ4v) is 6.45. The lowest BCUT2D eigenvalue weighted by Gasteiger charge is -2.25. The van der Waals surface area contributed by atoms with Crippen LogP contribution in [0.1, 0.15) is 35.2 Å². The number of allylic oxidation sites excluding steroid dienone is 1. The molecule has 0 bridgehead atoms. The number of halogens is 2. The first-order valence-electron chi connectivity index (χ1n) is 13.8. The summed E-state index contributed by atoms with van der Waals surface area (Å²) < 4.78 is 13.7. The lowest BCUT2D eigenvalue weighted by atomic mass is 9.96. The molecule has 0 N–H and O–H groups in total. The van der Waals surface area contributed by atoms with Crippen molar-refractivity contribution in [3.8, 4) is 5.75 Å². The van der Waals surface area contributed by atoms with Crippen LogP contribution < -0.4 is 19.6 Å². The summed E-state index contributed by atoms with van der Waals surface area (Å²) >= 11 is 13.7. The predicted octanol–water partition coefficient (Wildman–Crippen LogP) is 6.86. The van der Waals surface area contributed by atoms with Gasteiger partial charge in [0.15, 0.2) is 4.80 Å². The molecular weight excluding hydrogens is 615 g/mol. The fourth-order valence-electron chi connectivity index (χ4n) is 4.95. The minimum Gasteiger partial charge on any atom is -0.489 e. The van der Waals surface area contributed by atoms with Gasteiger partial charge in [-0.05, 0) is 59.5 Å². The minimum atomic E-state index is -0.763. The van der Waals surface area contributed by atoms with Crippen molar-refractivity contribution in [2.24, 2.45) is 4.99 Å². The van der Waals surface area contributed by atoms with Crippen LogP contribution in [0.3, 0.4) is 0 Å². The van der Waals surface area contributed by atoms with Crippen molar-refractivity contribution in [3.63, 3.8) is 0 Å². The third-order valence-electron chi connectivity index (χ3n) is 7.15. The van der Waals surface area contributed by atoms with Crippen LogP contribution in [-0.2, 0) is 22.7 Å². The van der Waals surface area contributed by atoms with Crippen molar-refractivity contribution < 1.29 is 14.3 Å². The van der Waals surface area contributed by atoms with Gasteiger partial charge in [0.2, 0.25) is 0 Å². The molecule has 1 aromatic heterocycles. The van der Waals surface area contributed by atoms with Crippen molar-refractivity contribution >= 4 is 46.6 Å². The quantitative estimate of drug-likeness (QED) is 0.174. The van der Waals surface area contributed by atoms with Crippen LogP contribution in [0.5, 0.6) is 5.75 Å². The van der Waals surface area contributed by atoms with Gasteiger partial charge in [-0.25, -0.2) is 9.79 Å². The van der Waals surface area contributed by atoms with Gasteiger partial charge in [0.25, 0.3) is 5.56 Å². The van der Waals surface area contributed by atoms with E-state index in [2.05, 4.69) is 4.99 Å². The Morgan fingerprint density at radius 2 is 1.57 bits per heavy atom. The van der Waals surface area contributed by atoms with E-state index in [1.54, 1.807) is 35.8 Å². The van der Waals surface area contributed by atoms with Gasteiger partial charge in [-0.2, -0.15) is 0 Å². The number of fused-ring (bicyclic) bond motifs is 1. The number of hydrogen-bond donors (Lipinski definition) is 0. The molecule has 0 unspecified atom stereocenters. The molecule has 6 rings (SSSR count). The number of carbonyl (C=O) groups is 1. The summed E-state index contributed by atoms with van der Waals surface area (Å²) in [6, 6.07) is 31.1. The molecule has 0 saturated carbocycles. The SMILES string of the molecule is CC1=C(C(=O)OCc2ccccc2)[C@H](c2ccc(OCc3ccccc3)cc2)n2c(s/c(=C/c3ccc(Cl)cc3Cl)c2=O)=N1. The number of rotatable bonds is 8. The molecule has 1 atom stereocenters. The van der Waals surface area contributed by atoms with Crippen molar-refractivity contribution in [3.05, 3.63) is 166 Å². The topological polar surface area (TPSA) is 69.9 Å². The van der Waals surface area contributed by atoms with Crippen LogP contribution in [0, 0.1) is 0 Å². The van der Waals surface area contributed by atoms with Crippen LogP contribution in [0.2, 0.25) is 10.0 Å². The van der Waals surface area contributed by atoms with Gasteiger partial charge in [0.1, 0.15) is 19.0 Å². The highest BCUT2D eigenvalue weighted by molar-refractivity contribution is 7.07. The van der Waals surface area contributed by atoms with Gasteiger partial charge in [-0.15, -0.1) is 0 Å². The summed E-state index contributed by atoms with van der Waals surface area (Å²) in [5, 5.41) is 0.923. The van der Waals surface area contributed by atoms with E-state index in [-0.39, 0.29) is 12.2 Å². The number of nitrogens with zero attached hydrogens (tertiary/aromatic N) is 2. The fraction of sp³-hybridized carbons (Fsp3) is 0.114. The Balaban J connectivity index is 1.39. The van der Waals surface area contributed by atoms with Crippen molar-refractivity contribution in [2.75, 3.05) is 0 Å². The molecule has 5 aromatic rings. The maximum atomic E-state index is 14.0. The second-order valence-corrected chi connectivity index (χ2v) is 12.0. The normalized spacial score (nSPS) is 14.6. The number of benzene rings is 4. The summed E-state index contributed by atoms with van der Waals surface area (Å²) in [4.78, 5) is 32.8. The molecule has 2 heterocycles. The van der Waals surface area contributed by atoms with Gasteiger partial charge in [-0.1, -0.05) is 113 Å². The van der Waals surface area contributed by atoms with E-state index < -0.39 is 12.0 Å². The van der Waals surface area contributed by atoms with E-state index in [0.29, 0.717) is 48.6 Å². The van der Waals surface area contributed by atoms with E-state index in [1.807, 2.05) is 84.9 Å². The number of thiazole rings is 1. The maximum Gasteiger partial charge on any atom is 0.338 e. The molecule has 220 valence electrons. The highest BCUT2D eigenvalue weighted by Crippen LogP contribution is 2.32. The molecule has 1 aliphatic heterocycles. The smallest absolute Gasteiger partial charge is 0.338 e. The van der Waals surface area contributed by atoms with Crippen molar-refractivity contribution in [2.45, 2.75) is 26.2 Å². The third kappa shape index (κ3) is 6.40. The monoisotopic (exact) mass is 640 g/mol. The molecule has 0 fully saturated rings. The van der Waals surface area contributed by atoms with Gasteiger partial charge < -0.3 is 9.47 Å². The molecule has 4 aromatic carbocycles. The molecule has 9 heteroatoms. The average molecular weight is 642 g/mol. The Morgan fingerprint density at radius 1 is 0.909 bits per heavy atom. The zero-order valence-corrected chi connectivity index (χ0v) is 25.9. The summed E-state index contributed by atoms with van der Waals surface area (Å²) in [6.07, 6.45) is 1.72. The standard InChI is InChI=1S/C35H26Cl2N2O4S/c1-22-31(34(41)43-21-24-10-6-3-7-11-24)32(25-13-16-28(17-14-25)42-20-23-8-4-2-5-9-23)39-33(40)30(44-35(39)38-22)18-26-12-15-27(36)19-29(26)37/h2-19,32H,20-21H2,1H3/b30-18+/t32-/m0/s1. The molecule has 44 heavy (non-hydrogen) atoms. The Kier molecular flexibility index (Phi) is 8.79. The van der Waals surface area contributed by atoms with Crippen LogP contribution in [0.4, 0.5) is 0 Å². The lowest BCUT2D eigenvalue weighted by molar-refractivity contribution is -0.140. The zero-order valence-electron chi connectivity index (χ0n) is 23.6. The number of carbonyl (C=O) groups excluding carboxylic acids is 1. The Hall–Kier alpha value is -4.43. The molecule has 1 aliphatic rings. The number of hydrogen-bond acceptors (Lipinski definition) is 6. The molecule has 0 aliphatic carbocycles. The van der Waals surface area contributed by atoms with Gasteiger partial charge in [-0.3, -0.25) is 9.36 Å². The molecular formula is C35H26Cl2N2O4S. The van der Waals surface area contributed by atoms with Crippen LogP contribution in [0.25, 0.3) is 6.08 Å². The average Bonchev–Trinajstić information content (AvgIpc) is 3.34. The summed E-state index contributed by atoms with van der Waals surface area (Å²) in [7, 11) is 0. The van der Waals surface area contributed by atoms with Crippen LogP contribution in [0.15, 0.2) is 124 Å². The summed E-state index contributed by atoms with van der Waals surface area (Å²) in [5.74, 6) is 0.121. The van der Waals surface area contributed by atoms with Crippen LogP contribution >= 0.6 is 34.5 Å². The first-order chi connectivity index (χ1) is 21.4. The van der Waals surface area contributed by atoms with E-state index in [4.69, 9.17) is 32.7 Å². The molecule has 0 radical (unpaired) electrons. The van der Waals surface area contributed by atoms with Crippen LogP contribution in [-0.4, -0.2) is 10.5 Å². The first kappa shape index (κ1) is 29.6. The zero-order chi connectivity index (χ0) is 30.6. The second-order valence-electron chi connectivity index (χ2n) is 10.2. The first-order valence-corrected chi connectivity index (χ1v) is 15.4. The lowest BCUT2D eigenvalue weighted by Crippen LogP contribution is -2.39. The number of ether oxygens (including phenoxy) is 2. The Labute approximate surface area is 267 Å². The van der Waals surface area contributed by atoms with E-state index in [0.717, 1.165) is 16.7 Å². The van der Waals surface area contributed by atoms with E-state index >= 15 is 0 Å². The third-order valence-corrected chi connectivity index (χ3v) is 8.69. The van der Waals surface area contributed by atoms with E-state index in [9.17, 15) is 9.59 Å².